The van der Waals surface area contributed by atoms with E-state index in [1.807, 2.05) is 0 Å². The number of halogens is 4. The molecule has 0 aliphatic carbocycles. The zero-order valence-corrected chi connectivity index (χ0v) is 14.7. The maximum Gasteiger partial charge on any atom is 0.389 e. The van der Waals surface area contributed by atoms with Crippen molar-refractivity contribution in [3.63, 3.8) is 0 Å². The Bertz CT molecular complexity index is 545. The number of ether oxygens (including phenoxy) is 1. The topological polar surface area (TPSA) is 44.7 Å². The van der Waals surface area contributed by atoms with Gasteiger partial charge in [0, 0.05) is 12.0 Å². The Labute approximate surface area is 142 Å². The molecule has 130 valence electrons. The molecule has 1 unspecified atom stereocenters. The lowest BCUT2D eigenvalue weighted by molar-refractivity contribution is -0.136. The van der Waals surface area contributed by atoms with E-state index < -0.39 is 28.7 Å². The monoisotopic (exact) mass is 369 g/mol. The summed E-state index contributed by atoms with van der Waals surface area (Å²) in [4.78, 5) is 0. The van der Waals surface area contributed by atoms with Gasteiger partial charge < -0.3 is 9.29 Å². The van der Waals surface area contributed by atoms with Gasteiger partial charge in [-0.05, 0) is 45.4 Å². The van der Waals surface area contributed by atoms with Crippen molar-refractivity contribution in [1.82, 2.24) is 0 Å². The summed E-state index contributed by atoms with van der Waals surface area (Å²) in [5.41, 5.74) is 0.562. The Morgan fingerprint density at radius 1 is 1.30 bits per heavy atom. The van der Waals surface area contributed by atoms with Gasteiger partial charge in [0.1, 0.15) is 21.9 Å². The molecule has 0 amide bonds. The molecule has 1 atom stereocenters. The molecule has 0 aliphatic heterocycles. The first-order valence-electron chi connectivity index (χ1n) is 6.94. The predicted octanol–water partition coefficient (Wildman–Crippen LogP) is 4.94. The summed E-state index contributed by atoms with van der Waals surface area (Å²) < 4.78 is 56.6. The van der Waals surface area contributed by atoms with Crippen molar-refractivity contribution in [3.05, 3.63) is 28.8 Å². The average Bonchev–Trinajstić information content (AvgIpc) is 2.40. The number of hydrogen-bond donors (Lipinski definition) is 0. The third-order valence-corrected chi connectivity index (χ3v) is 4.33. The molecule has 0 bridgehead atoms. The fraction of sp³-hybridized carbons (Fsp3) is 0.533. The molecular weight excluding hydrogens is 351 g/mol. The maximum atomic E-state index is 12.0. The molecule has 0 aliphatic rings. The minimum atomic E-state index is -4.18. The number of alkyl halides is 3. The van der Waals surface area contributed by atoms with E-state index in [0.29, 0.717) is 16.3 Å². The highest BCUT2D eigenvalue weighted by molar-refractivity contribution is 7.91. The van der Waals surface area contributed by atoms with E-state index in [9.17, 15) is 17.7 Å². The van der Waals surface area contributed by atoms with Crippen LogP contribution in [0.15, 0.2) is 22.6 Å². The molecule has 0 saturated carbocycles. The number of hydrogen-bond acceptors (Lipinski definition) is 3. The molecule has 8 heteroatoms. The summed E-state index contributed by atoms with van der Waals surface area (Å²) in [5.74, 6) is 0.381. The largest absolute Gasteiger partial charge is 0.591 e. The first-order chi connectivity index (χ1) is 10.5. The summed E-state index contributed by atoms with van der Waals surface area (Å²) in [6.07, 6.45) is -3.76. The lowest BCUT2D eigenvalue weighted by atomic mass is 10.2. The molecule has 0 spiro atoms. The Kier molecular flexibility index (Phi) is 7.23. The van der Waals surface area contributed by atoms with Crippen molar-refractivity contribution in [3.8, 4) is 5.75 Å². The molecule has 3 nitrogen and oxygen atoms in total. The second-order valence-electron chi connectivity index (χ2n) is 5.85. The van der Waals surface area contributed by atoms with E-state index >= 15 is 0 Å². The van der Waals surface area contributed by atoms with E-state index in [0.717, 1.165) is 0 Å². The molecule has 1 aromatic rings. The second-order valence-corrected chi connectivity index (χ2v) is 8.19. The number of nitrogens with zero attached hydrogens (tertiary/aromatic N) is 1. The minimum Gasteiger partial charge on any atom is -0.591 e. The van der Waals surface area contributed by atoms with E-state index in [1.54, 1.807) is 32.9 Å². The van der Waals surface area contributed by atoms with Crippen LogP contribution in [-0.4, -0.2) is 28.3 Å². The highest BCUT2D eigenvalue weighted by Crippen LogP contribution is 2.24. The highest BCUT2D eigenvalue weighted by Gasteiger charge is 2.26. The van der Waals surface area contributed by atoms with Gasteiger partial charge in [-0.2, -0.15) is 13.2 Å². The van der Waals surface area contributed by atoms with Gasteiger partial charge in [0.05, 0.1) is 17.8 Å². The summed E-state index contributed by atoms with van der Waals surface area (Å²) in [6, 6.07) is 4.70. The Balaban J connectivity index is 2.59. The summed E-state index contributed by atoms with van der Waals surface area (Å²) in [7, 11) is 0. The maximum absolute atomic E-state index is 12.0. The lowest BCUT2D eigenvalue weighted by Gasteiger charge is -2.17. The van der Waals surface area contributed by atoms with Gasteiger partial charge in [-0.25, -0.2) is 0 Å². The standard InChI is InChI=1S/C15H19ClF3NO2S/c1-14(2,3)23(21)20-10-11-5-6-12(9-13(11)16)22-8-4-7-15(17,18)19/h5-6,9-10H,4,7-8H2,1-3H3/b20-10+. The first-order valence-corrected chi connectivity index (χ1v) is 8.43. The fourth-order valence-electron chi connectivity index (χ4n) is 1.43. The van der Waals surface area contributed by atoms with E-state index in [4.69, 9.17) is 16.3 Å². The molecule has 0 heterocycles. The van der Waals surface area contributed by atoms with E-state index in [1.165, 1.54) is 12.3 Å². The van der Waals surface area contributed by atoms with Gasteiger partial charge in [0.15, 0.2) is 0 Å². The lowest BCUT2D eigenvalue weighted by Crippen LogP contribution is -2.25. The molecule has 1 rings (SSSR count). The molecule has 0 N–H and O–H groups in total. The molecule has 0 fully saturated rings. The zero-order chi connectivity index (χ0) is 17.7. The minimum absolute atomic E-state index is 0.0443. The van der Waals surface area contributed by atoms with Gasteiger partial charge in [0.2, 0.25) is 0 Å². The second kappa shape index (κ2) is 8.26. The van der Waals surface area contributed by atoms with Crippen molar-refractivity contribution < 1.29 is 22.5 Å². The zero-order valence-electron chi connectivity index (χ0n) is 13.1. The molecular formula is C15H19ClF3NO2S. The molecule has 23 heavy (non-hydrogen) atoms. The summed E-state index contributed by atoms with van der Waals surface area (Å²) >= 11 is 4.67. The van der Waals surface area contributed by atoms with E-state index in [-0.39, 0.29) is 13.0 Å². The SMILES string of the molecule is CC(C)(C)[S+]([O-])/N=C/c1ccc(OCCCC(F)(F)F)cc1Cl. The summed E-state index contributed by atoms with van der Waals surface area (Å²) in [5, 5.41) is 0.327. The van der Waals surface area contributed by atoms with Crippen LogP contribution in [0.5, 0.6) is 5.75 Å². The third kappa shape index (κ3) is 7.94. The van der Waals surface area contributed by atoms with Gasteiger partial charge in [-0.1, -0.05) is 16.0 Å². The molecule has 0 aromatic heterocycles. The van der Waals surface area contributed by atoms with Gasteiger partial charge in [0.25, 0.3) is 0 Å². The van der Waals surface area contributed by atoms with Crippen LogP contribution >= 0.6 is 11.6 Å². The normalized spacial score (nSPS) is 14.3. The quantitative estimate of drug-likeness (QED) is 0.405. The van der Waals surface area contributed by atoms with Crippen LogP contribution in [0, 0.1) is 0 Å². The number of benzene rings is 1. The predicted molar refractivity (Wildman–Crippen MR) is 87.7 cm³/mol. The molecule has 0 radical (unpaired) electrons. The summed E-state index contributed by atoms with van der Waals surface area (Å²) in [6.45, 7) is 5.37. The van der Waals surface area contributed by atoms with Crippen LogP contribution < -0.4 is 4.74 Å². The van der Waals surface area contributed by atoms with Gasteiger partial charge in [-0.3, -0.25) is 0 Å². The van der Waals surface area contributed by atoms with Crippen LogP contribution in [0.4, 0.5) is 13.2 Å². The van der Waals surface area contributed by atoms with Crippen molar-refractivity contribution >= 4 is 29.2 Å². The van der Waals surface area contributed by atoms with Crippen LogP contribution in [0.1, 0.15) is 39.2 Å². The van der Waals surface area contributed by atoms with Crippen LogP contribution in [-0.2, 0) is 11.4 Å². The molecule has 1 aromatic carbocycles. The van der Waals surface area contributed by atoms with Crippen LogP contribution in [0.25, 0.3) is 0 Å². The van der Waals surface area contributed by atoms with Crippen LogP contribution in [0.2, 0.25) is 5.02 Å². The van der Waals surface area contributed by atoms with Crippen molar-refractivity contribution in [1.29, 1.82) is 0 Å². The highest BCUT2D eigenvalue weighted by atomic mass is 35.5. The smallest absolute Gasteiger partial charge is 0.389 e. The van der Waals surface area contributed by atoms with Gasteiger partial charge in [-0.15, -0.1) is 0 Å². The van der Waals surface area contributed by atoms with Crippen molar-refractivity contribution in [2.24, 2.45) is 4.40 Å². The van der Waals surface area contributed by atoms with Crippen molar-refractivity contribution in [2.45, 2.75) is 44.5 Å². The van der Waals surface area contributed by atoms with Crippen LogP contribution in [0.3, 0.4) is 0 Å². The fourth-order valence-corrected chi connectivity index (χ4v) is 2.17. The molecule has 0 saturated heterocycles. The first kappa shape index (κ1) is 20.1. The Hall–Kier alpha value is -0.920. The third-order valence-electron chi connectivity index (χ3n) is 2.66. The number of rotatable bonds is 6. The average molecular weight is 370 g/mol. The van der Waals surface area contributed by atoms with Gasteiger partial charge >= 0.3 is 6.18 Å². The van der Waals surface area contributed by atoms with E-state index in [2.05, 4.69) is 4.40 Å². The Morgan fingerprint density at radius 2 is 1.96 bits per heavy atom. The Morgan fingerprint density at radius 3 is 2.48 bits per heavy atom. The van der Waals surface area contributed by atoms with Crippen molar-refractivity contribution in [2.75, 3.05) is 6.61 Å².